The molecule has 0 aromatic heterocycles. The predicted octanol–water partition coefficient (Wildman–Crippen LogP) is 3.41. The molecule has 1 saturated carbocycles. The third kappa shape index (κ3) is 2.42. The fourth-order valence-corrected chi connectivity index (χ4v) is 3.72. The third-order valence-corrected chi connectivity index (χ3v) is 5.30. The molecule has 0 saturated heterocycles. The van der Waals surface area contributed by atoms with Crippen LogP contribution in [0.1, 0.15) is 37.7 Å². The minimum atomic E-state index is -0.462. The summed E-state index contributed by atoms with van der Waals surface area (Å²) < 4.78 is 0. The van der Waals surface area contributed by atoms with Crippen molar-refractivity contribution in [1.82, 2.24) is 0 Å². The Kier molecular flexibility index (Phi) is 3.95. The van der Waals surface area contributed by atoms with Gasteiger partial charge in [0.05, 0.1) is 15.7 Å². The van der Waals surface area contributed by atoms with E-state index in [1.165, 1.54) is 6.42 Å². The normalized spacial score (nSPS) is 20.8. The Hall–Kier alpha value is -1.46. The summed E-state index contributed by atoms with van der Waals surface area (Å²) in [5.41, 5.74) is 13.4. The molecule has 1 aliphatic carbocycles. The molecule has 1 aromatic carbocycles. The van der Waals surface area contributed by atoms with Crippen molar-refractivity contribution in [2.75, 3.05) is 4.90 Å². The Morgan fingerprint density at radius 2 is 1.82 bits per heavy atom. The molecule has 3 rings (SSSR count). The Balaban J connectivity index is 2.14. The lowest BCUT2D eigenvalue weighted by Crippen LogP contribution is -2.58. The van der Waals surface area contributed by atoms with E-state index < -0.39 is 5.66 Å². The van der Waals surface area contributed by atoms with Gasteiger partial charge in [-0.2, -0.15) is 4.99 Å². The second-order valence-corrected chi connectivity index (χ2v) is 6.61. The van der Waals surface area contributed by atoms with Gasteiger partial charge in [0, 0.05) is 0 Å². The molecule has 0 amide bonds. The fourth-order valence-electron chi connectivity index (χ4n) is 3.35. The summed E-state index contributed by atoms with van der Waals surface area (Å²) >= 11 is 12.4. The summed E-state index contributed by atoms with van der Waals surface area (Å²) in [7, 11) is 0. The molecule has 0 atom stereocenters. The Bertz CT molecular complexity index is 662. The lowest BCUT2D eigenvalue weighted by Gasteiger charge is -2.46. The van der Waals surface area contributed by atoms with Crippen LogP contribution >= 0.6 is 23.2 Å². The fraction of sp³-hybridized carbons (Fsp3) is 0.467. The number of rotatable bonds is 1. The summed E-state index contributed by atoms with van der Waals surface area (Å²) in [5.74, 6) is 0.601. The van der Waals surface area contributed by atoms with Crippen LogP contribution in [-0.4, -0.2) is 17.6 Å². The van der Waals surface area contributed by atoms with E-state index in [2.05, 4.69) is 9.98 Å². The number of anilines is 1. The zero-order valence-corrected chi connectivity index (χ0v) is 14.0. The molecule has 0 bridgehead atoms. The van der Waals surface area contributed by atoms with Crippen molar-refractivity contribution in [2.24, 2.45) is 21.5 Å². The van der Waals surface area contributed by atoms with Crippen LogP contribution in [-0.2, 0) is 0 Å². The SMILES string of the molecule is Cc1c(N2C(N)=NC(N)=NC23CCCCC3)ccc(Cl)c1Cl. The largest absolute Gasteiger partial charge is 0.369 e. The van der Waals surface area contributed by atoms with Gasteiger partial charge >= 0.3 is 0 Å². The molecule has 0 unspecified atom stereocenters. The average molecular weight is 340 g/mol. The number of halogens is 2. The highest BCUT2D eigenvalue weighted by Gasteiger charge is 2.43. The summed E-state index contributed by atoms with van der Waals surface area (Å²) in [5, 5.41) is 1.05. The molecular weight excluding hydrogens is 321 g/mol. The molecule has 118 valence electrons. The Morgan fingerprint density at radius 3 is 2.50 bits per heavy atom. The standard InChI is InChI=1S/C15H19Cl2N5/c1-9-11(6-5-10(16)12(9)17)22-14(19)20-13(18)21-15(22)7-3-2-4-8-15/h5-6H,2-4,7-8H2,1H3,(H4,18,19,20,21). The Morgan fingerprint density at radius 1 is 1.14 bits per heavy atom. The summed E-state index contributed by atoms with van der Waals surface area (Å²) in [4.78, 5) is 10.8. The molecule has 1 aliphatic heterocycles. The number of nitrogens with zero attached hydrogens (tertiary/aromatic N) is 3. The molecular formula is C15H19Cl2N5. The van der Waals surface area contributed by atoms with E-state index in [1.54, 1.807) is 6.07 Å². The van der Waals surface area contributed by atoms with Crippen molar-refractivity contribution in [3.63, 3.8) is 0 Å². The van der Waals surface area contributed by atoms with E-state index in [9.17, 15) is 0 Å². The summed E-state index contributed by atoms with van der Waals surface area (Å²) in [6.07, 6.45) is 5.15. The number of nitrogens with two attached hydrogens (primary N) is 2. The molecule has 1 aromatic rings. The maximum absolute atomic E-state index is 6.31. The van der Waals surface area contributed by atoms with Gasteiger partial charge in [0.1, 0.15) is 5.66 Å². The molecule has 0 radical (unpaired) electrons. The van der Waals surface area contributed by atoms with Crippen molar-refractivity contribution >= 4 is 40.8 Å². The number of guanidine groups is 2. The molecule has 7 heteroatoms. The van der Waals surface area contributed by atoms with Crippen molar-refractivity contribution in [2.45, 2.75) is 44.7 Å². The average Bonchev–Trinajstić information content (AvgIpc) is 2.47. The highest BCUT2D eigenvalue weighted by molar-refractivity contribution is 6.42. The van der Waals surface area contributed by atoms with E-state index in [0.29, 0.717) is 16.0 Å². The highest BCUT2D eigenvalue weighted by Crippen LogP contribution is 2.42. The lowest BCUT2D eigenvalue weighted by molar-refractivity contribution is 0.305. The monoisotopic (exact) mass is 339 g/mol. The van der Waals surface area contributed by atoms with Crippen molar-refractivity contribution in [1.29, 1.82) is 0 Å². The molecule has 5 nitrogen and oxygen atoms in total. The topological polar surface area (TPSA) is 80.0 Å². The second kappa shape index (κ2) is 5.63. The van der Waals surface area contributed by atoms with E-state index in [4.69, 9.17) is 34.7 Å². The molecule has 2 aliphatic rings. The Labute approximate surface area is 140 Å². The maximum Gasteiger partial charge on any atom is 0.220 e. The highest BCUT2D eigenvalue weighted by atomic mass is 35.5. The lowest BCUT2D eigenvalue weighted by atomic mass is 9.87. The molecule has 4 N–H and O–H groups in total. The van der Waals surface area contributed by atoms with Crippen LogP contribution in [0.25, 0.3) is 0 Å². The summed E-state index contributed by atoms with van der Waals surface area (Å²) in [6.45, 7) is 1.93. The van der Waals surface area contributed by atoms with Gasteiger partial charge in [0.2, 0.25) is 11.9 Å². The summed E-state index contributed by atoms with van der Waals surface area (Å²) in [6, 6.07) is 3.69. The van der Waals surface area contributed by atoms with Crippen LogP contribution in [0.5, 0.6) is 0 Å². The predicted molar refractivity (Wildman–Crippen MR) is 92.7 cm³/mol. The minimum Gasteiger partial charge on any atom is -0.369 e. The van der Waals surface area contributed by atoms with Crippen LogP contribution in [0.4, 0.5) is 5.69 Å². The maximum atomic E-state index is 6.31. The first kappa shape index (κ1) is 15.4. The van der Waals surface area contributed by atoms with Gasteiger partial charge in [-0.15, -0.1) is 0 Å². The van der Waals surface area contributed by atoms with Gasteiger partial charge in [-0.3, -0.25) is 4.90 Å². The van der Waals surface area contributed by atoms with E-state index in [0.717, 1.165) is 36.9 Å². The quantitative estimate of drug-likeness (QED) is 0.822. The van der Waals surface area contributed by atoms with Gasteiger partial charge in [-0.05, 0) is 50.3 Å². The van der Waals surface area contributed by atoms with Crippen LogP contribution in [0.3, 0.4) is 0 Å². The van der Waals surface area contributed by atoms with Gasteiger partial charge in [0.15, 0.2) is 0 Å². The van der Waals surface area contributed by atoms with E-state index in [1.807, 2.05) is 17.9 Å². The zero-order chi connectivity index (χ0) is 15.9. The van der Waals surface area contributed by atoms with Crippen molar-refractivity contribution in [3.05, 3.63) is 27.7 Å². The molecule has 1 heterocycles. The van der Waals surface area contributed by atoms with E-state index in [-0.39, 0.29) is 5.96 Å². The third-order valence-electron chi connectivity index (χ3n) is 4.40. The molecule has 1 spiro atoms. The number of hydrogen-bond donors (Lipinski definition) is 2. The molecule has 1 fully saturated rings. The first-order chi connectivity index (χ1) is 10.4. The van der Waals surface area contributed by atoms with Crippen molar-refractivity contribution in [3.8, 4) is 0 Å². The first-order valence-electron chi connectivity index (χ1n) is 7.39. The number of hydrogen-bond acceptors (Lipinski definition) is 5. The number of aliphatic imine (C=N–C) groups is 2. The first-order valence-corrected chi connectivity index (χ1v) is 8.14. The smallest absolute Gasteiger partial charge is 0.220 e. The van der Waals surface area contributed by atoms with Crippen molar-refractivity contribution < 1.29 is 0 Å². The van der Waals surface area contributed by atoms with Gasteiger partial charge in [-0.25, -0.2) is 4.99 Å². The zero-order valence-electron chi connectivity index (χ0n) is 12.4. The van der Waals surface area contributed by atoms with Crippen LogP contribution in [0.15, 0.2) is 22.1 Å². The number of benzene rings is 1. The van der Waals surface area contributed by atoms with Gasteiger partial charge < -0.3 is 11.5 Å². The molecule has 22 heavy (non-hydrogen) atoms. The second-order valence-electron chi connectivity index (χ2n) is 5.82. The van der Waals surface area contributed by atoms with Gasteiger partial charge in [-0.1, -0.05) is 29.6 Å². The van der Waals surface area contributed by atoms with Crippen LogP contribution in [0.2, 0.25) is 10.0 Å². The van der Waals surface area contributed by atoms with E-state index >= 15 is 0 Å². The van der Waals surface area contributed by atoms with Gasteiger partial charge in [0.25, 0.3) is 0 Å². The van der Waals surface area contributed by atoms with Crippen LogP contribution < -0.4 is 16.4 Å². The van der Waals surface area contributed by atoms with Crippen LogP contribution in [0, 0.1) is 6.92 Å². The minimum absolute atomic E-state index is 0.244.